The number of nitrogens with one attached hydrogen (secondary N) is 1. The molecule has 0 aliphatic heterocycles. The second-order valence-electron chi connectivity index (χ2n) is 3.54. The number of hydrogen-bond acceptors (Lipinski definition) is 2. The Balaban J connectivity index is 2.53. The minimum Gasteiger partial charge on any atom is -0.507 e. The second-order valence-corrected chi connectivity index (χ2v) is 3.98. The van der Waals surface area contributed by atoms with Crippen LogP contribution in [0.4, 0.5) is 0 Å². The van der Waals surface area contributed by atoms with Gasteiger partial charge in [0.2, 0.25) is 0 Å². The Bertz CT molecular complexity index is 359. The standard InChI is InChI=1S/C13H17NOS/c1-2-3-9-14-13(16)10-12(15)11-7-5-4-6-8-11/h4-8,10,15H,2-3,9H2,1H3,(H,14,16)/b12-10-. The maximum atomic E-state index is 9.78. The lowest BCUT2D eigenvalue weighted by molar-refractivity contribution is 0.512. The summed E-state index contributed by atoms with van der Waals surface area (Å²) >= 11 is 5.10. The molecule has 0 aromatic heterocycles. The monoisotopic (exact) mass is 235 g/mol. The lowest BCUT2D eigenvalue weighted by Crippen LogP contribution is -2.20. The number of hydrogen-bond donors (Lipinski definition) is 2. The van der Waals surface area contributed by atoms with Crippen molar-refractivity contribution >= 4 is 23.0 Å². The minimum atomic E-state index is 0.203. The highest BCUT2D eigenvalue weighted by atomic mass is 32.1. The Labute approximate surface area is 102 Å². The van der Waals surface area contributed by atoms with Crippen molar-refractivity contribution in [1.82, 2.24) is 5.32 Å². The van der Waals surface area contributed by atoms with Crippen molar-refractivity contribution in [2.75, 3.05) is 6.54 Å². The molecule has 0 saturated heterocycles. The number of aliphatic hydroxyl groups excluding tert-OH is 1. The first-order valence-electron chi connectivity index (χ1n) is 5.48. The summed E-state index contributed by atoms with van der Waals surface area (Å²) in [4.78, 5) is 0.579. The highest BCUT2D eigenvalue weighted by molar-refractivity contribution is 7.80. The normalized spacial score (nSPS) is 11.2. The Morgan fingerprint density at radius 2 is 2.06 bits per heavy atom. The molecule has 0 aliphatic carbocycles. The minimum absolute atomic E-state index is 0.203. The van der Waals surface area contributed by atoms with E-state index < -0.39 is 0 Å². The first-order chi connectivity index (χ1) is 7.74. The summed E-state index contributed by atoms with van der Waals surface area (Å²) in [5.74, 6) is 0.203. The fourth-order valence-corrected chi connectivity index (χ4v) is 1.47. The van der Waals surface area contributed by atoms with Gasteiger partial charge >= 0.3 is 0 Å². The molecule has 86 valence electrons. The van der Waals surface area contributed by atoms with Gasteiger partial charge in [-0.15, -0.1) is 0 Å². The van der Waals surface area contributed by atoms with Gasteiger partial charge in [-0.2, -0.15) is 0 Å². The molecule has 2 nitrogen and oxygen atoms in total. The van der Waals surface area contributed by atoms with E-state index in [-0.39, 0.29) is 5.76 Å². The van der Waals surface area contributed by atoms with Crippen LogP contribution in [-0.2, 0) is 0 Å². The smallest absolute Gasteiger partial charge is 0.125 e. The largest absolute Gasteiger partial charge is 0.507 e. The molecule has 0 unspecified atom stereocenters. The lowest BCUT2D eigenvalue weighted by atomic mass is 10.2. The van der Waals surface area contributed by atoms with Crippen LogP contribution in [0.1, 0.15) is 25.3 Å². The molecule has 2 N–H and O–H groups in total. The SMILES string of the molecule is CCCCNC(=S)/C=C(\O)c1ccccc1. The molecule has 0 atom stereocenters. The van der Waals surface area contributed by atoms with E-state index in [4.69, 9.17) is 12.2 Å². The summed E-state index contributed by atoms with van der Waals surface area (Å²) in [6.07, 6.45) is 3.80. The van der Waals surface area contributed by atoms with E-state index in [2.05, 4.69) is 12.2 Å². The van der Waals surface area contributed by atoms with Crippen LogP contribution in [0.3, 0.4) is 0 Å². The number of thiocarbonyl (C=S) groups is 1. The van der Waals surface area contributed by atoms with E-state index in [1.165, 1.54) is 0 Å². The number of rotatable bonds is 5. The van der Waals surface area contributed by atoms with Crippen molar-refractivity contribution < 1.29 is 5.11 Å². The fourth-order valence-electron chi connectivity index (χ4n) is 1.26. The Morgan fingerprint density at radius 3 is 2.69 bits per heavy atom. The van der Waals surface area contributed by atoms with Gasteiger partial charge in [-0.25, -0.2) is 0 Å². The molecule has 16 heavy (non-hydrogen) atoms. The molecule has 0 fully saturated rings. The molecule has 0 heterocycles. The van der Waals surface area contributed by atoms with E-state index in [0.717, 1.165) is 24.9 Å². The van der Waals surface area contributed by atoms with Crippen LogP contribution in [-0.4, -0.2) is 16.6 Å². The predicted octanol–water partition coefficient (Wildman–Crippen LogP) is 3.30. The van der Waals surface area contributed by atoms with Gasteiger partial charge in [0.15, 0.2) is 0 Å². The average molecular weight is 235 g/mol. The number of benzene rings is 1. The molecule has 1 rings (SSSR count). The summed E-state index contributed by atoms with van der Waals surface area (Å²) in [5.41, 5.74) is 0.780. The van der Waals surface area contributed by atoms with Gasteiger partial charge in [0.05, 0.1) is 0 Å². The molecule has 1 aromatic carbocycles. The highest BCUT2D eigenvalue weighted by Gasteiger charge is 1.98. The van der Waals surface area contributed by atoms with Gasteiger partial charge in [-0.3, -0.25) is 0 Å². The Hall–Kier alpha value is -1.35. The molecule has 1 aromatic rings. The van der Waals surface area contributed by atoms with Crippen LogP contribution in [0.15, 0.2) is 36.4 Å². The highest BCUT2D eigenvalue weighted by Crippen LogP contribution is 2.09. The number of unbranched alkanes of at least 4 members (excludes halogenated alkanes) is 1. The van der Waals surface area contributed by atoms with E-state index >= 15 is 0 Å². The summed E-state index contributed by atoms with van der Waals surface area (Å²) < 4.78 is 0. The molecular formula is C13H17NOS. The molecule has 3 heteroatoms. The lowest BCUT2D eigenvalue weighted by Gasteiger charge is -2.04. The van der Waals surface area contributed by atoms with E-state index in [1.54, 1.807) is 6.08 Å². The number of aliphatic hydroxyl groups is 1. The summed E-state index contributed by atoms with van der Waals surface area (Å²) in [6.45, 7) is 2.98. The zero-order valence-electron chi connectivity index (χ0n) is 9.44. The van der Waals surface area contributed by atoms with E-state index in [0.29, 0.717) is 4.99 Å². The third-order valence-electron chi connectivity index (χ3n) is 2.17. The quantitative estimate of drug-likeness (QED) is 0.355. The average Bonchev–Trinajstić information content (AvgIpc) is 2.30. The van der Waals surface area contributed by atoms with Crippen molar-refractivity contribution in [2.45, 2.75) is 19.8 Å². The van der Waals surface area contributed by atoms with Gasteiger partial charge in [-0.05, 0) is 6.42 Å². The van der Waals surface area contributed by atoms with Gasteiger partial charge in [0.25, 0.3) is 0 Å². The van der Waals surface area contributed by atoms with Gasteiger partial charge in [-0.1, -0.05) is 55.9 Å². The third-order valence-corrected chi connectivity index (χ3v) is 2.43. The first kappa shape index (κ1) is 12.7. The molecule has 0 amide bonds. The van der Waals surface area contributed by atoms with Crippen LogP contribution in [0, 0.1) is 0 Å². The van der Waals surface area contributed by atoms with Crippen LogP contribution in [0.5, 0.6) is 0 Å². The molecule has 0 spiro atoms. The van der Waals surface area contributed by atoms with Crippen molar-refractivity contribution in [3.05, 3.63) is 42.0 Å². The summed E-state index contributed by atoms with van der Waals surface area (Å²) in [7, 11) is 0. The van der Waals surface area contributed by atoms with Crippen LogP contribution >= 0.6 is 12.2 Å². The van der Waals surface area contributed by atoms with E-state index in [1.807, 2.05) is 30.3 Å². The van der Waals surface area contributed by atoms with Crippen molar-refractivity contribution in [3.8, 4) is 0 Å². The van der Waals surface area contributed by atoms with Crippen LogP contribution in [0.25, 0.3) is 5.76 Å². The van der Waals surface area contributed by atoms with Crippen molar-refractivity contribution in [2.24, 2.45) is 0 Å². The summed E-state index contributed by atoms with van der Waals surface area (Å²) in [6, 6.07) is 9.37. The predicted molar refractivity (Wildman–Crippen MR) is 72.6 cm³/mol. The van der Waals surface area contributed by atoms with Crippen LogP contribution < -0.4 is 5.32 Å². The Kier molecular flexibility index (Phi) is 5.57. The maximum absolute atomic E-state index is 9.78. The third kappa shape index (κ3) is 4.45. The fraction of sp³-hybridized carbons (Fsp3) is 0.308. The topological polar surface area (TPSA) is 32.3 Å². The molecule has 0 bridgehead atoms. The first-order valence-corrected chi connectivity index (χ1v) is 5.88. The van der Waals surface area contributed by atoms with Gasteiger partial charge in [0, 0.05) is 18.2 Å². The summed E-state index contributed by atoms with van der Waals surface area (Å²) in [5, 5.41) is 12.9. The zero-order valence-corrected chi connectivity index (χ0v) is 10.3. The molecule has 0 saturated carbocycles. The van der Waals surface area contributed by atoms with E-state index in [9.17, 15) is 5.11 Å². The van der Waals surface area contributed by atoms with Crippen LogP contribution in [0.2, 0.25) is 0 Å². The van der Waals surface area contributed by atoms with Crippen molar-refractivity contribution in [1.29, 1.82) is 0 Å². The van der Waals surface area contributed by atoms with Gasteiger partial charge in [0.1, 0.15) is 10.7 Å². The molecule has 0 aliphatic rings. The van der Waals surface area contributed by atoms with Gasteiger partial charge < -0.3 is 10.4 Å². The van der Waals surface area contributed by atoms with Crippen molar-refractivity contribution in [3.63, 3.8) is 0 Å². The Morgan fingerprint density at radius 1 is 1.38 bits per heavy atom. The maximum Gasteiger partial charge on any atom is 0.125 e. The molecule has 0 radical (unpaired) electrons. The zero-order chi connectivity index (χ0) is 11.8. The molecular weight excluding hydrogens is 218 g/mol. The second kappa shape index (κ2) is 7.01.